The first-order valence-corrected chi connectivity index (χ1v) is 7.59. The van der Waals surface area contributed by atoms with E-state index in [9.17, 15) is 14.0 Å². The summed E-state index contributed by atoms with van der Waals surface area (Å²) in [6, 6.07) is 10.4. The molecular formula is C15H12ClFN2O2S. The molecule has 0 aromatic heterocycles. The smallest absolute Gasteiger partial charge is 0.250 e. The number of thioether (sulfide) groups is 1. The molecule has 0 saturated carbocycles. The first kappa shape index (κ1) is 16.3. The van der Waals surface area contributed by atoms with Gasteiger partial charge < -0.3 is 11.1 Å². The number of nitrogens with one attached hydrogen (secondary N) is 1. The van der Waals surface area contributed by atoms with Gasteiger partial charge in [0.2, 0.25) is 11.8 Å². The first-order valence-electron chi connectivity index (χ1n) is 6.23. The monoisotopic (exact) mass is 338 g/mol. The second kappa shape index (κ2) is 7.29. The Morgan fingerprint density at radius 1 is 1.18 bits per heavy atom. The molecule has 0 saturated heterocycles. The topological polar surface area (TPSA) is 72.2 Å². The van der Waals surface area contributed by atoms with E-state index in [1.54, 1.807) is 18.2 Å². The highest BCUT2D eigenvalue weighted by atomic mass is 35.5. The zero-order chi connectivity index (χ0) is 16.1. The van der Waals surface area contributed by atoms with Gasteiger partial charge in [0.1, 0.15) is 5.82 Å². The number of rotatable bonds is 5. The van der Waals surface area contributed by atoms with Crippen LogP contribution >= 0.6 is 23.4 Å². The third-order valence-electron chi connectivity index (χ3n) is 2.70. The van der Waals surface area contributed by atoms with Gasteiger partial charge in [0, 0.05) is 10.6 Å². The summed E-state index contributed by atoms with van der Waals surface area (Å²) in [6.45, 7) is 0. The molecule has 2 aromatic rings. The molecule has 3 N–H and O–H groups in total. The van der Waals surface area contributed by atoms with Crippen LogP contribution in [0.3, 0.4) is 0 Å². The molecule has 2 aromatic carbocycles. The van der Waals surface area contributed by atoms with Crippen molar-refractivity contribution in [2.24, 2.45) is 5.73 Å². The second-order valence-corrected chi connectivity index (χ2v) is 5.81. The molecule has 0 fully saturated rings. The van der Waals surface area contributed by atoms with Gasteiger partial charge >= 0.3 is 0 Å². The fourth-order valence-electron chi connectivity index (χ4n) is 1.67. The van der Waals surface area contributed by atoms with E-state index in [1.807, 2.05) is 0 Å². The second-order valence-electron chi connectivity index (χ2n) is 4.35. The van der Waals surface area contributed by atoms with E-state index in [0.717, 1.165) is 4.90 Å². The molecule has 0 atom stereocenters. The van der Waals surface area contributed by atoms with Gasteiger partial charge in [0.25, 0.3) is 0 Å². The number of anilines is 1. The van der Waals surface area contributed by atoms with E-state index in [1.165, 1.54) is 36.0 Å². The Labute approximate surface area is 135 Å². The van der Waals surface area contributed by atoms with Gasteiger partial charge in [-0.1, -0.05) is 11.6 Å². The van der Waals surface area contributed by atoms with E-state index >= 15 is 0 Å². The van der Waals surface area contributed by atoms with Crippen LogP contribution in [0, 0.1) is 5.82 Å². The standard InChI is InChI=1S/C15H12ClFN2O2S/c16-13-6-3-10(7-12(13)15(18)21)19-14(20)8-22-11-4-1-9(17)2-5-11/h1-7H,8H2,(H2,18,21)(H,19,20). The van der Waals surface area contributed by atoms with Gasteiger partial charge in [0.15, 0.2) is 0 Å². The number of carbonyl (C=O) groups excluding carboxylic acids is 2. The van der Waals surface area contributed by atoms with Gasteiger partial charge in [-0.3, -0.25) is 9.59 Å². The van der Waals surface area contributed by atoms with E-state index in [0.29, 0.717) is 5.69 Å². The van der Waals surface area contributed by atoms with E-state index in [2.05, 4.69) is 5.32 Å². The summed E-state index contributed by atoms with van der Waals surface area (Å²) in [7, 11) is 0. The van der Waals surface area contributed by atoms with Crippen molar-refractivity contribution >= 4 is 40.9 Å². The van der Waals surface area contributed by atoms with Crippen LogP contribution in [0.5, 0.6) is 0 Å². The largest absolute Gasteiger partial charge is 0.366 e. The Morgan fingerprint density at radius 3 is 2.50 bits per heavy atom. The molecule has 114 valence electrons. The lowest BCUT2D eigenvalue weighted by molar-refractivity contribution is -0.113. The van der Waals surface area contributed by atoms with Crippen LogP contribution in [0.1, 0.15) is 10.4 Å². The maximum absolute atomic E-state index is 12.8. The van der Waals surface area contributed by atoms with Gasteiger partial charge in [0.05, 0.1) is 16.3 Å². The van der Waals surface area contributed by atoms with Crippen LogP contribution in [0.2, 0.25) is 5.02 Å². The van der Waals surface area contributed by atoms with Crippen LogP contribution in [-0.2, 0) is 4.79 Å². The molecule has 0 aliphatic heterocycles. The molecule has 22 heavy (non-hydrogen) atoms. The quantitative estimate of drug-likeness (QED) is 0.821. The predicted octanol–water partition coefficient (Wildman–Crippen LogP) is 3.31. The van der Waals surface area contributed by atoms with Gasteiger partial charge in [-0.2, -0.15) is 0 Å². The van der Waals surface area contributed by atoms with E-state index in [4.69, 9.17) is 17.3 Å². The molecular weight excluding hydrogens is 327 g/mol. The lowest BCUT2D eigenvalue weighted by Crippen LogP contribution is -2.16. The average molecular weight is 339 g/mol. The number of amides is 2. The van der Waals surface area contributed by atoms with Crippen LogP contribution in [0.4, 0.5) is 10.1 Å². The van der Waals surface area contributed by atoms with Crippen molar-refractivity contribution in [1.82, 2.24) is 0 Å². The van der Waals surface area contributed by atoms with E-state index < -0.39 is 5.91 Å². The lowest BCUT2D eigenvalue weighted by Gasteiger charge is -2.07. The fourth-order valence-corrected chi connectivity index (χ4v) is 2.58. The first-order chi connectivity index (χ1) is 10.5. The number of benzene rings is 2. The van der Waals surface area contributed by atoms with Gasteiger partial charge in [-0.05, 0) is 42.5 Å². The minimum Gasteiger partial charge on any atom is -0.366 e. The van der Waals surface area contributed by atoms with Crippen molar-refractivity contribution in [2.75, 3.05) is 11.1 Å². The minimum absolute atomic E-state index is 0.144. The van der Waals surface area contributed by atoms with Crippen molar-refractivity contribution in [3.05, 3.63) is 58.9 Å². The summed E-state index contributed by atoms with van der Waals surface area (Å²) in [5.41, 5.74) is 5.77. The van der Waals surface area contributed by atoms with Crippen molar-refractivity contribution < 1.29 is 14.0 Å². The van der Waals surface area contributed by atoms with Gasteiger partial charge in [-0.25, -0.2) is 4.39 Å². The molecule has 0 spiro atoms. The van der Waals surface area contributed by atoms with E-state index in [-0.39, 0.29) is 28.1 Å². The summed E-state index contributed by atoms with van der Waals surface area (Å²) in [4.78, 5) is 23.8. The summed E-state index contributed by atoms with van der Waals surface area (Å²) in [6.07, 6.45) is 0. The van der Waals surface area contributed by atoms with Crippen molar-refractivity contribution in [1.29, 1.82) is 0 Å². The normalized spacial score (nSPS) is 10.3. The molecule has 0 heterocycles. The fraction of sp³-hybridized carbons (Fsp3) is 0.0667. The molecule has 4 nitrogen and oxygen atoms in total. The Balaban J connectivity index is 1.96. The van der Waals surface area contributed by atoms with Crippen LogP contribution in [-0.4, -0.2) is 17.6 Å². The summed E-state index contributed by atoms with van der Waals surface area (Å²) in [5, 5.41) is 2.87. The number of primary amides is 1. The van der Waals surface area contributed by atoms with Crippen molar-refractivity contribution in [3.63, 3.8) is 0 Å². The SMILES string of the molecule is NC(=O)c1cc(NC(=O)CSc2ccc(F)cc2)ccc1Cl. The highest BCUT2D eigenvalue weighted by Crippen LogP contribution is 2.21. The highest BCUT2D eigenvalue weighted by Gasteiger charge is 2.09. The number of hydrogen-bond acceptors (Lipinski definition) is 3. The summed E-state index contributed by atoms with van der Waals surface area (Å²) >= 11 is 7.11. The van der Waals surface area contributed by atoms with Crippen LogP contribution < -0.4 is 11.1 Å². The zero-order valence-electron chi connectivity index (χ0n) is 11.3. The molecule has 0 bridgehead atoms. The third kappa shape index (κ3) is 4.47. The summed E-state index contributed by atoms with van der Waals surface area (Å²) < 4.78 is 12.8. The van der Waals surface area contributed by atoms with Crippen molar-refractivity contribution in [3.8, 4) is 0 Å². The molecule has 0 aliphatic carbocycles. The number of carbonyl (C=O) groups is 2. The van der Waals surface area contributed by atoms with Crippen molar-refractivity contribution in [2.45, 2.75) is 4.90 Å². The molecule has 0 unspecified atom stereocenters. The Bertz CT molecular complexity index is 707. The predicted molar refractivity (Wildman–Crippen MR) is 85.7 cm³/mol. The zero-order valence-corrected chi connectivity index (χ0v) is 12.9. The minimum atomic E-state index is -0.665. The maximum Gasteiger partial charge on any atom is 0.250 e. The molecule has 0 aliphatic rings. The number of hydrogen-bond donors (Lipinski definition) is 2. The van der Waals surface area contributed by atoms with Gasteiger partial charge in [-0.15, -0.1) is 11.8 Å². The Hall–Kier alpha value is -2.05. The highest BCUT2D eigenvalue weighted by molar-refractivity contribution is 8.00. The number of nitrogens with two attached hydrogens (primary N) is 1. The molecule has 2 amide bonds. The third-order valence-corrected chi connectivity index (χ3v) is 4.04. The van der Waals surface area contributed by atoms with Crippen LogP contribution in [0.15, 0.2) is 47.4 Å². The molecule has 0 radical (unpaired) electrons. The Kier molecular flexibility index (Phi) is 5.41. The average Bonchev–Trinajstić information content (AvgIpc) is 2.48. The maximum atomic E-state index is 12.8. The lowest BCUT2D eigenvalue weighted by atomic mass is 10.2. The Morgan fingerprint density at radius 2 is 1.86 bits per heavy atom. The molecule has 2 rings (SSSR count). The van der Waals surface area contributed by atoms with Crippen LogP contribution in [0.25, 0.3) is 0 Å². The number of halogens is 2. The summed E-state index contributed by atoms with van der Waals surface area (Å²) in [5.74, 6) is -1.09. The molecule has 7 heteroatoms.